The number of benzene rings is 1. The second kappa shape index (κ2) is 6.48. The van der Waals surface area contributed by atoms with Crippen LogP contribution in [-0.4, -0.2) is 29.5 Å². The summed E-state index contributed by atoms with van der Waals surface area (Å²) in [7, 11) is 0. The summed E-state index contributed by atoms with van der Waals surface area (Å²) in [6.07, 6.45) is 3.23. The number of aromatic nitrogens is 1. The first kappa shape index (κ1) is 13.7. The zero-order valence-electron chi connectivity index (χ0n) is 11.9. The van der Waals surface area contributed by atoms with Gasteiger partial charge in [0.25, 0.3) is 0 Å². The number of rotatable bonds is 3. The molecule has 3 rings (SSSR count). The molecule has 1 aromatic carbocycles. The molecule has 1 aliphatic rings. The Morgan fingerprint density at radius 1 is 1.35 bits per heavy atom. The van der Waals surface area contributed by atoms with E-state index in [0.717, 1.165) is 31.2 Å². The summed E-state index contributed by atoms with van der Waals surface area (Å²) in [5.41, 5.74) is 1.39. The van der Waals surface area contributed by atoms with Gasteiger partial charge >= 0.3 is 0 Å². The van der Waals surface area contributed by atoms with Gasteiger partial charge in [-0.15, -0.1) is 11.3 Å². The number of nitrogens with one attached hydrogen (secondary N) is 1. The predicted octanol–water partition coefficient (Wildman–Crippen LogP) is 2.99. The van der Waals surface area contributed by atoms with Crippen molar-refractivity contribution in [2.45, 2.75) is 25.9 Å². The van der Waals surface area contributed by atoms with Crippen molar-refractivity contribution in [2.75, 3.05) is 19.6 Å². The zero-order valence-corrected chi connectivity index (χ0v) is 12.7. The van der Waals surface area contributed by atoms with Gasteiger partial charge in [-0.05, 0) is 32.0 Å². The van der Waals surface area contributed by atoms with E-state index in [0.29, 0.717) is 6.04 Å². The molecule has 20 heavy (non-hydrogen) atoms. The Bertz CT molecular complexity index is 538. The molecule has 106 valence electrons. The van der Waals surface area contributed by atoms with Crippen LogP contribution in [0.3, 0.4) is 0 Å². The Balaban J connectivity index is 1.69. The lowest BCUT2D eigenvalue weighted by Gasteiger charge is -2.24. The summed E-state index contributed by atoms with van der Waals surface area (Å²) in [6.45, 7) is 6.42. The normalized spacial score (nSPS) is 20.8. The van der Waals surface area contributed by atoms with Gasteiger partial charge in [0.05, 0.1) is 5.01 Å². The molecule has 1 N–H and O–H groups in total. The fraction of sp³-hybridized carbons (Fsp3) is 0.438. The third-order valence-electron chi connectivity index (χ3n) is 3.73. The van der Waals surface area contributed by atoms with E-state index in [9.17, 15) is 0 Å². The average Bonchev–Trinajstić information content (AvgIpc) is 2.74. The fourth-order valence-corrected chi connectivity index (χ4v) is 3.58. The Labute approximate surface area is 124 Å². The first-order chi connectivity index (χ1) is 9.81. The van der Waals surface area contributed by atoms with Crippen molar-refractivity contribution < 1.29 is 0 Å². The molecule has 0 spiro atoms. The Morgan fingerprint density at radius 3 is 2.95 bits per heavy atom. The Hall–Kier alpha value is -1.23. The summed E-state index contributed by atoms with van der Waals surface area (Å²) in [6, 6.07) is 11.2. The van der Waals surface area contributed by atoms with E-state index in [-0.39, 0.29) is 0 Å². The van der Waals surface area contributed by atoms with E-state index >= 15 is 0 Å². The maximum atomic E-state index is 4.36. The highest BCUT2D eigenvalue weighted by Crippen LogP contribution is 2.20. The standard InChI is InChI=1S/C16H21N3S/c1-13-18-10-15(20-13)11-19-9-5-8-17-16(12-19)14-6-3-2-4-7-14/h2-4,6-7,10,16-17H,5,8-9,11-12H2,1H3. The number of hydrogen-bond donors (Lipinski definition) is 1. The highest BCUT2D eigenvalue weighted by Gasteiger charge is 2.19. The van der Waals surface area contributed by atoms with Crippen LogP contribution in [0.2, 0.25) is 0 Å². The summed E-state index contributed by atoms with van der Waals surface area (Å²) < 4.78 is 0. The van der Waals surface area contributed by atoms with Gasteiger partial charge in [-0.3, -0.25) is 4.90 Å². The van der Waals surface area contributed by atoms with Crippen molar-refractivity contribution in [2.24, 2.45) is 0 Å². The van der Waals surface area contributed by atoms with Crippen molar-refractivity contribution >= 4 is 11.3 Å². The Kier molecular flexibility index (Phi) is 4.45. The van der Waals surface area contributed by atoms with Gasteiger partial charge in [0.2, 0.25) is 0 Å². The van der Waals surface area contributed by atoms with Crippen LogP contribution < -0.4 is 5.32 Å². The van der Waals surface area contributed by atoms with Gasteiger partial charge in [0, 0.05) is 30.2 Å². The summed E-state index contributed by atoms with van der Waals surface area (Å²) in [5.74, 6) is 0. The molecule has 2 aromatic rings. The summed E-state index contributed by atoms with van der Waals surface area (Å²) in [4.78, 5) is 8.28. The molecule has 3 nitrogen and oxygen atoms in total. The van der Waals surface area contributed by atoms with Gasteiger partial charge < -0.3 is 5.32 Å². The third-order valence-corrected chi connectivity index (χ3v) is 4.63. The van der Waals surface area contributed by atoms with Crippen LogP contribution in [0.1, 0.15) is 27.9 Å². The number of thiazole rings is 1. The highest BCUT2D eigenvalue weighted by atomic mass is 32.1. The first-order valence-electron chi connectivity index (χ1n) is 7.23. The maximum Gasteiger partial charge on any atom is 0.0897 e. The molecule has 2 heterocycles. The molecular formula is C16H21N3S. The van der Waals surface area contributed by atoms with Crippen molar-refractivity contribution in [3.8, 4) is 0 Å². The van der Waals surface area contributed by atoms with Gasteiger partial charge in [-0.1, -0.05) is 30.3 Å². The quantitative estimate of drug-likeness (QED) is 0.940. The lowest BCUT2D eigenvalue weighted by Crippen LogP contribution is -2.30. The van der Waals surface area contributed by atoms with Crippen molar-refractivity contribution in [1.29, 1.82) is 0 Å². The molecule has 0 saturated carbocycles. The molecule has 1 saturated heterocycles. The predicted molar refractivity (Wildman–Crippen MR) is 83.9 cm³/mol. The topological polar surface area (TPSA) is 28.2 Å². The molecule has 1 aromatic heterocycles. The molecule has 0 aliphatic carbocycles. The maximum absolute atomic E-state index is 4.36. The van der Waals surface area contributed by atoms with Gasteiger partial charge in [-0.2, -0.15) is 0 Å². The number of nitrogens with zero attached hydrogens (tertiary/aromatic N) is 2. The Morgan fingerprint density at radius 2 is 2.20 bits per heavy atom. The van der Waals surface area contributed by atoms with E-state index < -0.39 is 0 Å². The lowest BCUT2D eigenvalue weighted by atomic mass is 10.1. The van der Waals surface area contributed by atoms with E-state index in [1.807, 2.05) is 17.5 Å². The molecular weight excluding hydrogens is 266 g/mol. The van der Waals surface area contributed by atoms with Crippen LogP contribution in [0.25, 0.3) is 0 Å². The monoisotopic (exact) mass is 287 g/mol. The van der Waals surface area contributed by atoms with Gasteiger partial charge in [-0.25, -0.2) is 4.98 Å². The van der Waals surface area contributed by atoms with Crippen molar-refractivity contribution in [1.82, 2.24) is 15.2 Å². The minimum Gasteiger partial charge on any atom is -0.309 e. The second-order valence-electron chi connectivity index (χ2n) is 5.35. The van der Waals surface area contributed by atoms with E-state index in [4.69, 9.17) is 0 Å². The minimum absolute atomic E-state index is 0.438. The molecule has 1 unspecified atom stereocenters. The average molecular weight is 287 g/mol. The molecule has 1 aliphatic heterocycles. The van der Waals surface area contributed by atoms with Crippen LogP contribution in [0.15, 0.2) is 36.5 Å². The highest BCUT2D eigenvalue weighted by molar-refractivity contribution is 7.11. The zero-order chi connectivity index (χ0) is 13.8. The largest absolute Gasteiger partial charge is 0.309 e. The second-order valence-corrected chi connectivity index (χ2v) is 6.67. The van der Waals surface area contributed by atoms with Crippen LogP contribution in [0.5, 0.6) is 0 Å². The molecule has 4 heteroatoms. The molecule has 0 bridgehead atoms. The molecule has 0 radical (unpaired) electrons. The van der Waals surface area contributed by atoms with Crippen LogP contribution in [-0.2, 0) is 6.54 Å². The summed E-state index contributed by atoms with van der Waals surface area (Å²) >= 11 is 1.81. The fourth-order valence-electron chi connectivity index (χ4n) is 2.74. The number of hydrogen-bond acceptors (Lipinski definition) is 4. The number of aryl methyl sites for hydroxylation is 1. The van der Waals surface area contributed by atoms with Gasteiger partial charge in [0.1, 0.15) is 0 Å². The van der Waals surface area contributed by atoms with E-state index in [1.54, 1.807) is 0 Å². The van der Waals surface area contributed by atoms with Crippen molar-refractivity contribution in [3.63, 3.8) is 0 Å². The van der Waals surface area contributed by atoms with Crippen LogP contribution in [0, 0.1) is 6.92 Å². The first-order valence-corrected chi connectivity index (χ1v) is 8.05. The molecule has 1 atom stereocenters. The molecule has 0 amide bonds. The van der Waals surface area contributed by atoms with Crippen LogP contribution >= 0.6 is 11.3 Å². The molecule has 1 fully saturated rings. The summed E-state index contributed by atoms with van der Waals surface area (Å²) in [5, 5.41) is 4.82. The minimum atomic E-state index is 0.438. The SMILES string of the molecule is Cc1ncc(CN2CCCNC(c3ccccc3)C2)s1. The third kappa shape index (κ3) is 3.45. The lowest BCUT2D eigenvalue weighted by molar-refractivity contribution is 0.263. The smallest absolute Gasteiger partial charge is 0.0897 e. The van der Waals surface area contributed by atoms with Crippen molar-refractivity contribution in [3.05, 3.63) is 52.0 Å². The van der Waals surface area contributed by atoms with E-state index in [1.165, 1.54) is 16.9 Å². The van der Waals surface area contributed by atoms with E-state index in [2.05, 4.69) is 52.5 Å². The van der Waals surface area contributed by atoms with Gasteiger partial charge in [0.15, 0.2) is 0 Å². The van der Waals surface area contributed by atoms with Crippen LogP contribution in [0.4, 0.5) is 0 Å².